The van der Waals surface area contributed by atoms with E-state index in [0.29, 0.717) is 22.7 Å². The van der Waals surface area contributed by atoms with E-state index in [4.69, 9.17) is 0 Å². The zero-order chi connectivity index (χ0) is 19.8. The molecule has 0 aliphatic rings. The van der Waals surface area contributed by atoms with E-state index < -0.39 is 0 Å². The smallest absolute Gasteiger partial charge is 0.278 e. The number of H-pyrrole nitrogens is 2. The summed E-state index contributed by atoms with van der Waals surface area (Å²) in [6.45, 7) is 5.86. The van der Waals surface area contributed by atoms with Gasteiger partial charge in [-0.1, -0.05) is 18.2 Å². The molecule has 0 amide bonds. The molecule has 0 unspecified atom stereocenters. The van der Waals surface area contributed by atoms with Crippen molar-refractivity contribution < 1.29 is 0 Å². The van der Waals surface area contributed by atoms with Crippen molar-refractivity contribution in [3.05, 3.63) is 81.0 Å². The quantitative estimate of drug-likeness (QED) is 0.534. The maximum absolute atomic E-state index is 13.0. The molecular formula is C22H19N5O. The molecule has 2 N–H and O–H groups in total. The molecule has 2 aromatic carbocycles. The van der Waals surface area contributed by atoms with E-state index in [2.05, 4.69) is 21.1 Å². The summed E-state index contributed by atoms with van der Waals surface area (Å²) in [6, 6.07) is 15.6. The van der Waals surface area contributed by atoms with Crippen molar-refractivity contribution >= 4 is 22.7 Å². The van der Waals surface area contributed by atoms with Gasteiger partial charge in [-0.05, 0) is 62.2 Å². The third kappa shape index (κ3) is 2.93. The maximum Gasteiger partial charge on any atom is 0.278 e. The molecule has 4 rings (SSSR count). The highest BCUT2D eigenvalue weighted by Gasteiger charge is 2.14. The molecular weight excluding hydrogens is 350 g/mol. The predicted octanol–water partition coefficient (Wildman–Crippen LogP) is 4.03. The minimum absolute atomic E-state index is 0.204. The molecule has 0 aliphatic carbocycles. The molecule has 0 atom stereocenters. The van der Waals surface area contributed by atoms with Crippen LogP contribution in [0.4, 0.5) is 0 Å². The Morgan fingerprint density at radius 3 is 2.64 bits per heavy atom. The molecule has 2 aromatic heterocycles. The number of aromatic nitrogens is 4. The molecule has 0 radical (unpaired) electrons. The van der Waals surface area contributed by atoms with Crippen LogP contribution in [0.15, 0.2) is 47.3 Å². The second kappa shape index (κ2) is 6.71. The molecule has 2 heterocycles. The van der Waals surface area contributed by atoms with E-state index in [9.17, 15) is 10.1 Å². The van der Waals surface area contributed by atoms with E-state index in [-0.39, 0.29) is 5.56 Å². The first-order valence-electron chi connectivity index (χ1n) is 8.94. The van der Waals surface area contributed by atoms with Gasteiger partial charge in [-0.2, -0.15) is 5.26 Å². The van der Waals surface area contributed by atoms with Crippen LogP contribution in [-0.2, 0) is 0 Å². The first kappa shape index (κ1) is 17.6. The molecule has 0 spiro atoms. The van der Waals surface area contributed by atoms with Crippen LogP contribution in [0.1, 0.15) is 28.2 Å². The van der Waals surface area contributed by atoms with Crippen molar-refractivity contribution in [2.45, 2.75) is 20.8 Å². The Morgan fingerprint density at radius 1 is 1.14 bits per heavy atom. The first-order valence-corrected chi connectivity index (χ1v) is 8.94. The summed E-state index contributed by atoms with van der Waals surface area (Å²) in [6.07, 6.45) is 1.59. The lowest BCUT2D eigenvalue weighted by Crippen LogP contribution is -2.16. The molecule has 0 bridgehead atoms. The van der Waals surface area contributed by atoms with Crippen molar-refractivity contribution in [2.24, 2.45) is 0 Å². The van der Waals surface area contributed by atoms with Crippen molar-refractivity contribution in [2.75, 3.05) is 0 Å². The molecule has 4 aromatic rings. The number of nitrogens with zero attached hydrogens (tertiary/aromatic N) is 3. The van der Waals surface area contributed by atoms with Crippen LogP contribution in [0, 0.1) is 32.1 Å². The summed E-state index contributed by atoms with van der Waals surface area (Å²) < 4.78 is 1.50. The Morgan fingerprint density at radius 2 is 1.93 bits per heavy atom. The van der Waals surface area contributed by atoms with Gasteiger partial charge in [-0.25, -0.2) is 9.67 Å². The third-order valence-electron chi connectivity index (χ3n) is 4.92. The second-order valence-electron chi connectivity index (χ2n) is 6.83. The molecule has 28 heavy (non-hydrogen) atoms. The lowest BCUT2D eigenvalue weighted by molar-refractivity contribution is 0.833. The van der Waals surface area contributed by atoms with Crippen molar-refractivity contribution in [1.29, 1.82) is 5.26 Å². The SMILES string of the molecule is Cc1ccc(-n2[nH]c(C)c(C=C(C#N)c3nc4ccccc4[nH]3)c2=O)cc1C. The van der Waals surface area contributed by atoms with Crippen LogP contribution in [0.5, 0.6) is 0 Å². The summed E-state index contributed by atoms with van der Waals surface area (Å²) >= 11 is 0. The monoisotopic (exact) mass is 369 g/mol. The number of hydrogen-bond acceptors (Lipinski definition) is 3. The van der Waals surface area contributed by atoms with Gasteiger partial charge in [0, 0.05) is 5.69 Å². The van der Waals surface area contributed by atoms with E-state index in [0.717, 1.165) is 27.8 Å². The molecule has 0 aliphatic heterocycles. The largest absolute Gasteiger partial charge is 0.337 e. The standard InChI is InChI=1S/C22H19N5O/c1-13-8-9-17(10-14(13)2)27-22(28)18(15(3)26-27)11-16(12-23)21-24-19-6-4-5-7-20(19)25-21/h4-11,26H,1-3H3,(H,24,25). The molecule has 6 heteroatoms. The van der Waals surface area contributed by atoms with E-state index >= 15 is 0 Å². The van der Waals surface area contributed by atoms with Gasteiger partial charge < -0.3 is 4.98 Å². The van der Waals surface area contributed by atoms with Gasteiger partial charge in [0.05, 0.1) is 27.9 Å². The lowest BCUT2D eigenvalue weighted by atomic mass is 10.1. The number of aryl methyl sites for hydroxylation is 3. The first-order chi connectivity index (χ1) is 13.5. The van der Waals surface area contributed by atoms with Crippen molar-refractivity contribution in [3.63, 3.8) is 0 Å². The summed E-state index contributed by atoms with van der Waals surface area (Å²) in [5.41, 5.74) is 5.88. The molecule has 6 nitrogen and oxygen atoms in total. The summed E-state index contributed by atoms with van der Waals surface area (Å²) in [4.78, 5) is 20.6. The normalized spacial score (nSPS) is 11.7. The number of benzene rings is 2. The minimum Gasteiger partial charge on any atom is -0.337 e. The van der Waals surface area contributed by atoms with Crippen LogP contribution in [0.25, 0.3) is 28.4 Å². The van der Waals surface area contributed by atoms with Crippen LogP contribution in [-0.4, -0.2) is 19.7 Å². The highest BCUT2D eigenvalue weighted by Crippen LogP contribution is 2.20. The average molecular weight is 369 g/mol. The molecule has 0 saturated heterocycles. The number of para-hydroxylation sites is 2. The van der Waals surface area contributed by atoms with Crippen LogP contribution in [0.2, 0.25) is 0 Å². The number of nitrogens with one attached hydrogen (secondary N) is 2. The topological polar surface area (TPSA) is 90.3 Å². The van der Waals surface area contributed by atoms with E-state index in [1.807, 2.05) is 63.2 Å². The number of nitriles is 1. The van der Waals surface area contributed by atoms with Gasteiger partial charge in [0.1, 0.15) is 11.9 Å². The van der Waals surface area contributed by atoms with Gasteiger partial charge in [0.2, 0.25) is 0 Å². The Balaban J connectivity index is 1.82. The minimum atomic E-state index is -0.204. The summed E-state index contributed by atoms with van der Waals surface area (Å²) in [7, 11) is 0. The third-order valence-corrected chi connectivity index (χ3v) is 4.92. The fourth-order valence-corrected chi connectivity index (χ4v) is 3.15. The molecule has 138 valence electrons. The number of fused-ring (bicyclic) bond motifs is 1. The van der Waals surface area contributed by atoms with Gasteiger partial charge in [-0.3, -0.25) is 9.89 Å². The van der Waals surface area contributed by atoms with Crippen LogP contribution in [0.3, 0.4) is 0 Å². The second-order valence-corrected chi connectivity index (χ2v) is 6.83. The molecule has 0 saturated carbocycles. The average Bonchev–Trinajstić information content (AvgIpc) is 3.23. The Hall–Kier alpha value is -3.85. The lowest BCUT2D eigenvalue weighted by Gasteiger charge is -2.05. The Bertz CT molecular complexity index is 1290. The highest BCUT2D eigenvalue weighted by atomic mass is 16.1. The fraction of sp³-hybridized carbons (Fsp3) is 0.136. The Kier molecular flexibility index (Phi) is 4.21. The number of imidazole rings is 1. The van der Waals surface area contributed by atoms with Gasteiger partial charge >= 0.3 is 0 Å². The zero-order valence-corrected chi connectivity index (χ0v) is 15.9. The predicted molar refractivity (Wildman–Crippen MR) is 110 cm³/mol. The van der Waals surface area contributed by atoms with Crippen molar-refractivity contribution in [1.82, 2.24) is 19.7 Å². The van der Waals surface area contributed by atoms with E-state index in [1.54, 1.807) is 6.08 Å². The molecule has 0 fully saturated rings. The highest BCUT2D eigenvalue weighted by molar-refractivity contribution is 5.90. The maximum atomic E-state index is 13.0. The zero-order valence-electron chi connectivity index (χ0n) is 15.9. The number of hydrogen-bond donors (Lipinski definition) is 2. The fourth-order valence-electron chi connectivity index (χ4n) is 3.15. The van der Waals surface area contributed by atoms with Gasteiger partial charge in [0.15, 0.2) is 0 Å². The van der Waals surface area contributed by atoms with Gasteiger partial charge in [-0.15, -0.1) is 0 Å². The number of allylic oxidation sites excluding steroid dienone is 1. The number of rotatable bonds is 3. The summed E-state index contributed by atoms with van der Waals surface area (Å²) in [5.74, 6) is 0.446. The number of aromatic amines is 2. The Labute approximate surface area is 161 Å². The van der Waals surface area contributed by atoms with Gasteiger partial charge in [0.25, 0.3) is 5.56 Å². The van der Waals surface area contributed by atoms with Crippen LogP contribution < -0.4 is 5.56 Å². The van der Waals surface area contributed by atoms with Crippen LogP contribution >= 0.6 is 0 Å². The van der Waals surface area contributed by atoms with Crippen molar-refractivity contribution in [3.8, 4) is 11.8 Å². The summed E-state index contributed by atoms with van der Waals surface area (Å²) in [5, 5.41) is 12.7. The van der Waals surface area contributed by atoms with E-state index in [1.165, 1.54) is 4.68 Å².